The van der Waals surface area contributed by atoms with E-state index in [1.54, 1.807) is 13.0 Å². The third-order valence-electron chi connectivity index (χ3n) is 4.30. The van der Waals surface area contributed by atoms with Gasteiger partial charge in [-0.25, -0.2) is 9.18 Å². The fourth-order valence-corrected chi connectivity index (χ4v) is 3.48. The summed E-state index contributed by atoms with van der Waals surface area (Å²) in [4.78, 5) is 23.9. The van der Waals surface area contributed by atoms with E-state index in [9.17, 15) is 14.0 Å². The van der Waals surface area contributed by atoms with Gasteiger partial charge in [-0.2, -0.15) is 0 Å². The quantitative estimate of drug-likeness (QED) is 0.833. The van der Waals surface area contributed by atoms with Crippen molar-refractivity contribution in [2.24, 2.45) is 0 Å². The summed E-state index contributed by atoms with van der Waals surface area (Å²) in [5, 5.41) is 2.72. The Morgan fingerprint density at radius 2 is 2.35 bits per heavy atom. The normalized spacial score (nSPS) is 27.5. The van der Waals surface area contributed by atoms with E-state index in [1.807, 2.05) is 0 Å². The average Bonchev–Trinajstić information content (AvgIpc) is 2.92. The highest BCUT2D eigenvalue weighted by Crippen LogP contribution is 2.47. The molecule has 106 valence electrons. The maximum Gasteiger partial charge on any atom is 0.329 e. The summed E-state index contributed by atoms with van der Waals surface area (Å²) in [7, 11) is 0. The third-order valence-corrected chi connectivity index (χ3v) is 4.30. The first kappa shape index (κ1) is 13.1. The Bertz CT molecular complexity index is 586. The first-order valence-corrected chi connectivity index (χ1v) is 6.82. The Labute approximate surface area is 116 Å². The molecule has 1 saturated heterocycles. The minimum Gasteiger partial charge on any atom is -0.464 e. The van der Waals surface area contributed by atoms with Crippen LogP contribution >= 0.6 is 0 Å². The van der Waals surface area contributed by atoms with Crippen LogP contribution in [0.1, 0.15) is 30.9 Å². The Hall–Kier alpha value is -1.91. The van der Waals surface area contributed by atoms with Gasteiger partial charge in [-0.05, 0) is 43.0 Å². The molecule has 2 unspecified atom stereocenters. The summed E-state index contributed by atoms with van der Waals surface area (Å²) in [6, 6.07) is 3.91. The van der Waals surface area contributed by atoms with Crippen LogP contribution in [-0.4, -0.2) is 24.5 Å². The average molecular weight is 277 g/mol. The number of hydrogen-bond donors (Lipinski definition) is 1. The van der Waals surface area contributed by atoms with E-state index in [1.165, 1.54) is 12.1 Å². The van der Waals surface area contributed by atoms with Gasteiger partial charge >= 0.3 is 5.97 Å². The minimum absolute atomic E-state index is 0.153. The molecule has 1 fully saturated rings. The van der Waals surface area contributed by atoms with Crippen LogP contribution in [0.4, 0.5) is 4.39 Å². The van der Waals surface area contributed by atoms with Crippen LogP contribution in [0.3, 0.4) is 0 Å². The number of nitrogens with one attached hydrogen (secondary N) is 1. The van der Waals surface area contributed by atoms with Crippen molar-refractivity contribution in [1.82, 2.24) is 5.32 Å². The van der Waals surface area contributed by atoms with E-state index in [0.29, 0.717) is 12.8 Å². The number of benzene rings is 1. The van der Waals surface area contributed by atoms with Gasteiger partial charge < -0.3 is 10.1 Å². The number of hydrogen-bond acceptors (Lipinski definition) is 3. The molecule has 20 heavy (non-hydrogen) atoms. The molecular weight excluding hydrogens is 261 g/mol. The van der Waals surface area contributed by atoms with Gasteiger partial charge in [0.15, 0.2) is 0 Å². The van der Waals surface area contributed by atoms with Crippen LogP contribution in [-0.2, 0) is 26.2 Å². The Morgan fingerprint density at radius 1 is 1.55 bits per heavy atom. The zero-order valence-electron chi connectivity index (χ0n) is 11.2. The van der Waals surface area contributed by atoms with Gasteiger partial charge in [0, 0.05) is 11.8 Å². The predicted molar refractivity (Wildman–Crippen MR) is 69.6 cm³/mol. The molecule has 4 nitrogen and oxygen atoms in total. The highest BCUT2D eigenvalue weighted by molar-refractivity contribution is 5.92. The lowest BCUT2D eigenvalue weighted by Crippen LogP contribution is -2.46. The molecule has 5 heteroatoms. The van der Waals surface area contributed by atoms with Crippen LogP contribution in [0.15, 0.2) is 18.2 Å². The first-order chi connectivity index (χ1) is 9.56. The number of fused-ring (bicyclic) bond motifs is 2. The molecule has 2 atom stereocenters. The van der Waals surface area contributed by atoms with Crippen molar-refractivity contribution in [1.29, 1.82) is 0 Å². The topological polar surface area (TPSA) is 55.4 Å². The Kier molecular flexibility index (Phi) is 3.00. The van der Waals surface area contributed by atoms with Crippen LogP contribution in [0, 0.1) is 5.82 Å². The van der Waals surface area contributed by atoms with Crippen molar-refractivity contribution in [3.63, 3.8) is 0 Å². The maximum atomic E-state index is 13.3. The van der Waals surface area contributed by atoms with Crippen LogP contribution in [0.25, 0.3) is 0 Å². The van der Waals surface area contributed by atoms with E-state index in [2.05, 4.69) is 5.32 Å². The van der Waals surface area contributed by atoms with Crippen molar-refractivity contribution < 1.29 is 18.7 Å². The van der Waals surface area contributed by atoms with E-state index < -0.39 is 17.4 Å². The van der Waals surface area contributed by atoms with Gasteiger partial charge in [0.25, 0.3) is 0 Å². The van der Waals surface area contributed by atoms with Gasteiger partial charge in [0.2, 0.25) is 5.91 Å². The van der Waals surface area contributed by atoms with Gasteiger partial charge in [-0.3, -0.25) is 4.79 Å². The fraction of sp³-hybridized carbons (Fsp3) is 0.467. The summed E-state index contributed by atoms with van der Waals surface area (Å²) in [6.45, 7) is 2.01. The molecule has 1 aliphatic heterocycles. The number of carbonyl (C=O) groups excluding carboxylic acids is 2. The minimum atomic E-state index is -0.665. The molecule has 1 aliphatic carbocycles. The lowest BCUT2D eigenvalue weighted by molar-refractivity contribution is -0.147. The number of amides is 1. The number of esters is 1. The van der Waals surface area contributed by atoms with E-state index in [-0.39, 0.29) is 24.8 Å². The molecule has 1 spiro atoms. The van der Waals surface area contributed by atoms with Crippen molar-refractivity contribution >= 4 is 11.9 Å². The standard InChI is InChI=1S/C15H16FNO3/c1-2-20-14(19)13-15(8-12(18)17-13)6-5-9-7-10(16)3-4-11(9)15/h3-4,7,13H,2,5-6,8H2,1H3,(H,17,18). The van der Waals surface area contributed by atoms with Crippen LogP contribution in [0.5, 0.6) is 0 Å². The van der Waals surface area contributed by atoms with Crippen molar-refractivity contribution in [3.8, 4) is 0 Å². The molecule has 1 aromatic rings. The summed E-state index contributed by atoms with van der Waals surface area (Å²) >= 11 is 0. The molecule has 0 bridgehead atoms. The number of halogens is 1. The first-order valence-electron chi connectivity index (χ1n) is 6.82. The van der Waals surface area contributed by atoms with Gasteiger partial charge in [-0.15, -0.1) is 0 Å². The fourth-order valence-electron chi connectivity index (χ4n) is 3.48. The molecule has 1 amide bonds. The lowest BCUT2D eigenvalue weighted by atomic mass is 9.75. The van der Waals surface area contributed by atoms with Gasteiger partial charge in [0.05, 0.1) is 6.61 Å². The Balaban J connectivity index is 2.03. The molecule has 0 radical (unpaired) electrons. The second kappa shape index (κ2) is 4.58. The largest absolute Gasteiger partial charge is 0.464 e. The molecule has 1 heterocycles. The predicted octanol–water partition coefficient (Wildman–Crippen LogP) is 1.46. The lowest BCUT2D eigenvalue weighted by Gasteiger charge is -2.29. The number of ether oxygens (including phenoxy) is 1. The molecule has 2 aliphatic rings. The van der Waals surface area contributed by atoms with Crippen molar-refractivity contribution in [3.05, 3.63) is 35.1 Å². The van der Waals surface area contributed by atoms with Gasteiger partial charge in [-0.1, -0.05) is 6.07 Å². The zero-order chi connectivity index (χ0) is 14.3. The highest BCUT2D eigenvalue weighted by Gasteiger charge is 2.55. The molecule has 3 rings (SSSR count). The summed E-state index contributed by atoms with van der Waals surface area (Å²) in [6.07, 6.45) is 1.60. The monoisotopic (exact) mass is 277 g/mol. The summed E-state index contributed by atoms with van der Waals surface area (Å²) < 4.78 is 18.4. The molecule has 0 aromatic heterocycles. The van der Waals surface area contributed by atoms with E-state index >= 15 is 0 Å². The van der Waals surface area contributed by atoms with Gasteiger partial charge in [0.1, 0.15) is 11.9 Å². The Morgan fingerprint density at radius 3 is 3.10 bits per heavy atom. The number of aryl methyl sites for hydroxylation is 1. The van der Waals surface area contributed by atoms with Crippen molar-refractivity contribution in [2.75, 3.05) is 6.61 Å². The second-order valence-corrected chi connectivity index (χ2v) is 5.39. The number of carbonyl (C=O) groups is 2. The SMILES string of the molecule is CCOC(=O)C1NC(=O)CC12CCc1cc(F)ccc12. The van der Waals surface area contributed by atoms with Crippen molar-refractivity contribution in [2.45, 2.75) is 37.6 Å². The second-order valence-electron chi connectivity index (χ2n) is 5.39. The molecular formula is C15H16FNO3. The maximum absolute atomic E-state index is 13.3. The third kappa shape index (κ3) is 1.80. The molecule has 1 aromatic carbocycles. The van der Waals surface area contributed by atoms with E-state index in [4.69, 9.17) is 4.74 Å². The van der Waals surface area contributed by atoms with Crippen LogP contribution in [0.2, 0.25) is 0 Å². The highest BCUT2D eigenvalue weighted by atomic mass is 19.1. The van der Waals surface area contributed by atoms with E-state index in [0.717, 1.165) is 11.1 Å². The smallest absolute Gasteiger partial charge is 0.329 e. The summed E-state index contributed by atoms with van der Waals surface area (Å²) in [5.74, 6) is -0.846. The molecule has 1 N–H and O–H groups in total. The summed E-state index contributed by atoms with van der Waals surface area (Å²) in [5.41, 5.74) is 1.21. The zero-order valence-corrected chi connectivity index (χ0v) is 11.2. The number of rotatable bonds is 2. The molecule has 0 saturated carbocycles. The van der Waals surface area contributed by atoms with Crippen LogP contribution < -0.4 is 5.32 Å².